The highest BCUT2D eigenvalue weighted by Gasteiger charge is 2.23. The van der Waals surface area contributed by atoms with Crippen LogP contribution in [0.1, 0.15) is 40.9 Å². The molecular weight excluding hydrogens is 412 g/mol. The summed E-state index contributed by atoms with van der Waals surface area (Å²) in [4.78, 5) is 36.1. The van der Waals surface area contributed by atoms with Gasteiger partial charge in [-0.25, -0.2) is 0 Å². The molecule has 154 valence electrons. The van der Waals surface area contributed by atoms with Crippen molar-refractivity contribution in [3.05, 3.63) is 51.2 Å². The summed E-state index contributed by atoms with van der Waals surface area (Å²) in [5.41, 5.74) is 1.05. The van der Waals surface area contributed by atoms with Crippen LogP contribution in [0.15, 0.2) is 36.4 Å². The summed E-state index contributed by atoms with van der Waals surface area (Å²) in [6.07, 6.45) is 3.10. The standard InChI is InChI=1S/C21H23ClN2O4S/c22-19-9-8-18(29-19)17(25)7-10-20(26)23-12-11-14-1-5-16(6-2-14)28-13-21(27)24-15-3-4-15/h1-2,5-6,8-9,15H,3-4,7,10-13H2,(H,23,26)(H,24,27). The van der Waals surface area contributed by atoms with Crippen molar-refractivity contribution in [1.29, 1.82) is 0 Å². The summed E-state index contributed by atoms with van der Waals surface area (Å²) in [7, 11) is 0. The number of carbonyl (C=O) groups excluding carboxylic acids is 3. The molecule has 1 aliphatic rings. The van der Waals surface area contributed by atoms with E-state index in [1.807, 2.05) is 24.3 Å². The Kier molecular flexibility index (Phi) is 7.66. The Balaban J connectivity index is 1.30. The Morgan fingerprint density at radius 3 is 2.45 bits per heavy atom. The highest BCUT2D eigenvalue weighted by atomic mass is 35.5. The maximum atomic E-state index is 12.0. The van der Waals surface area contributed by atoms with Crippen molar-refractivity contribution in [2.45, 2.75) is 38.1 Å². The van der Waals surface area contributed by atoms with Gasteiger partial charge in [0, 0.05) is 25.4 Å². The maximum absolute atomic E-state index is 12.0. The molecule has 0 radical (unpaired) electrons. The van der Waals surface area contributed by atoms with Gasteiger partial charge in [0.15, 0.2) is 12.4 Å². The molecule has 2 aromatic rings. The van der Waals surface area contributed by atoms with Crippen LogP contribution >= 0.6 is 22.9 Å². The summed E-state index contributed by atoms with van der Waals surface area (Å²) in [6, 6.07) is 11.1. The van der Waals surface area contributed by atoms with Gasteiger partial charge in [-0.3, -0.25) is 14.4 Å². The number of Topliss-reactive ketones (excluding diaryl/α,β-unsaturated/α-hetero) is 1. The molecule has 1 aromatic heterocycles. The smallest absolute Gasteiger partial charge is 0.258 e. The van der Waals surface area contributed by atoms with Crippen molar-refractivity contribution in [2.24, 2.45) is 0 Å². The van der Waals surface area contributed by atoms with E-state index < -0.39 is 0 Å². The van der Waals surface area contributed by atoms with E-state index in [4.69, 9.17) is 16.3 Å². The minimum atomic E-state index is -0.150. The third kappa shape index (κ3) is 7.51. The molecule has 0 atom stereocenters. The van der Waals surface area contributed by atoms with Gasteiger partial charge in [-0.15, -0.1) is 11.3 Å². The number of halogens is 1. The third-order valence-corrected chi connectivity index (χ3v) is 5.67. The fraction of sp³-hybridized carbons (Fsp3) is 0.381. The van der Waals surface area contributed by atoms with Crippen molar-refractivity contribution >= 4 is 40.5 Å². The minimum absolute atomic E-state index is 0.0162. The van der Waals surface area contributed by atoms with Crippen LogP contribution in [0.4, 0.5) is 0 Å². The molecule has 2 amide bonds. The summed E-state index contributed by atoms with van der Waals surface area (Å²) in [6.45, 7) is 0.504. The SMILES string of the molecule is O=C(CCC(=O)c1ccc(Cl)s1)NCCc1ccc(OCC(=O)NC2CC2)cc1. The zero-order valence-corrected chi connectivity index (χ0v) is 17.5. The molecular formula is C21H23ClN2O4S. The van der Waals surface area contributed by atoms with Crippen LogP contribution in [-0.4, -0.2) is 36.8 Å². The molecule has 6 nitrogen and oxygen atoms in total. The third-order valence-electron chi connectivity index (χ3n) is 4.40. The number of thiophene rings is 1. The first-order valence-electron chi connectivity index (χ1n) is 9.56. The first-order valence-corrected chi connectivity index (χ1v) is 10.8. The van der Waals surface area contributed by atoms with Gasteiger partial charge in [-0.05, 0) is 49.1 Å². The number of ether oxygens (including phenoxy) is 1. The molecule has 1 fully saturated rings. The number of hydrogen-bond acceptors (Lipinski definition) is 5. The Hall–Kier alpha value is -2.38. The fourth-order valence-electron chi connectivity index (χ4n) is 2.65. The van der Waals surface area contributed by atoms with Crippen LogP contribution in [0, 0.1) is 0 Å². The lowest BCUT2D eigenvalue weighted by atomic mass is 10.1. The molecule has 29 heavy (non-hydrogen) atoms. The van der Waals surface area contributed by atoms with E-state index in [1.165, 1.54) is 11.3 Å². The van der Waals surface area contributed by atoms with Gasteiger partial charge in [-0.2, -0.15) is 0 Å². The number of ketones is 1. The van der Waals surface area contributed by atoms with E-state index in [0.717, 1.165) is 18.4 Å². The largest absolute Gasteiger partial charge is 0.484 e. The Labute approximate surface area is 178 Å². The van der Waals surface area contributed by atoms with Crippen LogP contribution in [0.3, 0.4) is 0 Å². The Morgan fingerprint density at radius 2 is 1.79 bits per heavy atom. The van der Waals surface area contributed by atoms with Crippen molar-refractivity contribution in [3.63, 3.8) is 0 Å². The molecule has 2 N–H and O–H groups in total. The second-order valence-corrected chi connectivity index (χ2v) is 8.62. The normalized spacial score (nSPS) is 13.0. The van der Waals surface area contributed by atoms with Crippen LogP contribution in [0.25, 0.3) is 0 Å². The summed E-state index contributed by atoms with van der Waals surface area (Å²) in [5, 5.41) is 5.69. The lowest BCUT2D eigenvalue weighted by Gasteiger charge is -2.08. The molecule has 8 heteroatoms. The molecule has 1 heterocycles. The minimum Gasteiger partial charge on any atom is -0.484 e. The van der Waals surface area contributed by atoms with Crippen LogP contribution in [0.5, 0.6) is 5.75 Å². The van der Waals surface area contributed by atoms with Gasteiger partial charge < -0.3 is 15.4 Å². The van der Waals surface area contributed by atoms with E-state index in [0.29, 0.717) is 34.0 Å². The van der Waals surface area contributed by atoms with Crippen molar-refractivity contribution in [1.82, 2.24) is 10.6 Å². The molecule has 0 saturated heterocycles. The lowest BCUT2D eigenvalue weighted by Crippen LogP contribution is -2.30. The van der Waals surface area contributed by atoms with Crippen molar-refractivity contribution in [3.8, 4) is 5.75 Å². The first-order chi connectivity index (χ1) is 14.0. The first kappa shape index (κ1) is 21.3. The quantitative estimate of drug-likeness (QED) is 0.531. The van der Waals surface area contributed by atoms with Crippen LogP contribution < -0.4 is 15.4 Å². The van der Waals surface area contributed by atoms with Gasteiger partial charge in [-0.1, -0.05) is 23.7 Å². The maximum Gasteiger partial charge on any atom is 0.258 e. The summed E-state index contributed by atoms with van der Waals surface area (Å²) >= 11 is 7.04. The van der Waals surface area contributed by atoms with Gasteiger partial charge in [0.25, 0.3) is 5.91 Å². The lowest BCUT2D eigenvalue weighted by molar-refractivity contribution is -0.123. The number of benzene rings is 1. The number of amides is 2. The summed E-state index contributed by atoms with van der Waals surface area (Å²) in [5.74, 6) is 0.317. The van der Waals surface area contributed by atoms with Gasteiger partial charge in [0.05, 0.1) is 9.21 Å². The molecule has 0 spiro atoms. The van der Waals surface area contributed by atoms with E-state index in [-0.39, 0.29) is 37.0 Å². The van der Waals surface area contributed by atoms with Crippen molar-refractivity contribution in [2.75, 3.05) is 13.2 Å². The second-order valence-electron chi connectivity index (χ2n) is 6.90. The Morgan fingerprint density at radius 1 is 1.03 bits per heavy atom. The highest BCUT2D eigenvalue weighted by molar-refractivity contribution is 7.18. The topological polar surface area (TPSA) is 84.5 Å². The van der Waals surface area contributed by atoms with E-state index in [9.17, 15) is 14.4 Å². The highest BCUT2D eigenvalue weighted by Crippen LogP contribution is 2.23. The van der Waals surface area contributed by atoms with Gasteiger partial charge in [0.2, 0.25) is 5.91 Å². The average molecular weight is 435 g/mol. The second kappa shape index (κ2) is 10.4. The number of rotatable bonds is 11. The van der Waals surface area contributed by atoms with Gasteiger partial charge in [0.1, 0.15) is 5.75 Å². The zero-order valence-electron chi connectivity index (χ0n) is 15.9. The predicted octanol–water partition coefficient (Wildman–Crippen LogP) is 3.38. The molecule has 3 rings (SSSR count). The van der Waals surface area contributed by atoms with Crippen LogP contribution in [0.2, 0.25) is 4.34 Å². The zero-order chi connectivity index (χ0) is 20.6. The predicted molar refractivity (Wildman–Crippen MR) is 113 cm³/mol. The van der Waals surface area contributed by atoms with E-state index >= 15 is 0 Å². The molecule has 0 unspecified atom stereocenters. The van der Waals surface area contributed by atoms with E-state index in [1.54, 1.807) is 12.1 Å². The molecule has 1 aromatic carbocycles. The fourth-order valence-corrected chi connectivity index (χ4v) is 3.66. The molecule has 1 saturated carbocycles. The number of carbonyl (C=O) groups is 3. The monoisotopic (exact) mass is 434 g/mol. The average Bonchev–Trinajstić information content (AvgIpc) is 3.42. The van der Waals surface area contributed by atoms with Gasteiger partial charge >= 0.3 is 0 Å². The van der Waals surface area contributed by atoms with Crippen LogP contribution in [-0.2, 0) is 16.0 Å². The number of hydrogen-bond donors (Lipinski definition) is 2. The molecule has 0 bridgehead atoms. The van der Waals surface area contributed by atoms with E-state index in [2.05, 4.69) is 10.6 Å². The number of nitrogens with one attached hydrogen (secondary N) is 2. The van der Waals surface area contributed by atoms with Crippen molar-refractivity contribution < 1.29 is 19.1 Å². The Bertz CT molecular complexity index is 862. The molecule has 1 aliphatic carbocycles. The molecule has 0 aliphatic heterocycles. The summed E-state index contributed by atoms with van der Waals surface area (Å²) < 4.78 is 6.03.